The van der Waals surface area contributed by atoms with Gasteiger partial charge in [-0.15, -0.1) is 0 Å². The molecular formula is C19H21BrClFN2O2. The van der Waals surface area contributed by atoms with Gasteiger partial charge in [0.15, 0.2) is 0 Å². The van der Waals surface area contributed by atoms with Crippen molar-refractivity contribution in [1.29, 1.82) is 0 Å². The van der Waals surface area contributed by atoms with Gasteiger partial charge in [0.25, 0.3) is 0 Å². The van der Waals surface area contributed by atoms with E-state index in [1.807, 2.05) is 18.2 Å². The minimum atomic E-state index is -0.494. The van der Waals surface area contributed by atoms with E-state index in [-0.39, 0.29) is 22.0 Å². The second-order valence-corrected chi connectivity index (χ2v) is 7.04. The molecule has 2 aromatic carbocycles. The van der Waals surface area contributed by atoms with E-state index in [1.165, 1.54) is 6.07 Å². The van der Waals surface area contributed by atoms with Crippen LogP contribution in [0.2, 0.25) is 5.02 Å². The second-order valence-electron chi connectivity index (χ2n) is 6.63. The fraction of sp³-hybridized carbons (Fsp3) is 0.316. The molecule has 0 atom stereocenters. The quantitative estimate of drug-likeness (QED) is 0.733. The smallest absolute Gasteiger partial charge is 0.415 e. The van der Waals surface area contributed by atoms with Crippen molar-refractivity contribution in [1.82, 2.24) is 0 Å². The van der Waals surface area contributed by atoms with Crippen LogP contribution < -0.4 is 22.3 Å². The Hall–Kier alpha value is -1.63. The normalized spacial score (nSPS) is 15.2. The first-order chi connectivity index (χ1) is 12.0. The number of nitrogens with zero attached hydrogens (tertiary/aromatic N) is 1. The van der Waals surface area contributed by atoms with Gasteiger partial charge < -0.3 is 21.7 Å². The number of hydrogen-bond acceptors (Lipinski definition) is 2. The molecule has 0 bridgehead atoms. The molecule has 0 spiro atoms. The molecule has 4 nitrogen and oxygen atoms in total. The topological polar surface area (TPSA) is 38.3 Å². The van der Waals surface area contributed by atoms with Gasteiger partial charge in [0.05, 0.1) is 30.8 Å². The number of likely N-dealkylation sites (tertiary alicyclic amines) is 1. The summed E-state index contributed by atoms with van der Waals surface area (Å²) in [6.45, 7) is 2.41. The number of para-hydroxylation sites is 1. The summed E-state index contributed by atoms with van der Waals surface area (Å²) in [6, 6.07) is 11.8. The number of quaternary nitrogens is 1. The van der Waals surface area contributed by atoms with E-state index in [4.69, 9.17) is 16.3 Å². The molecule has 1 N–H and O–H groups in total. The second kappa shape index (κ2) is 8.84. The van der Waals surface area contributed by atoms with Gasteiger partial charge >= 0.3 is 6.09 Å². The molecule has 140 valence electrons. The van der Waals surface area contributed by atoms with Crippen LogP contribution in [-0.2, 0) is 4.74 Å². The lowest BCUT2D eigenvalue weighted by Crippen LogP contribution is -3.00. The third kappa shape index (κ3) is 4.96. The predicted molar refractivity (Wildman–Crippen MR) is 97.0 cm³/mol. The molecule has 0 radical (unpaired) electrons. The molecule has 1 fully saturated rings. The Kier molecular flexibility index (Phi) is 7.03. The maximum absolute atomic E-state index is 13.4. The zero-order valence-electron chi connectivity index (χ0n) is 14.5. The highest BCUT2D eigenvalue weighted by molar-refractivity contribution is 6.31. The van der Waals surface area contributed by atoms with E-state index in [2.05, 4.69) is 12.4 Å². The largest absolute Gasteiger partial charge is 1.00 e. The Bertz CT molecular complexity index is 782. The number of carbonyl (C=O) groups excluding carboxylic acids is 1. The molecule has 0 aromatic heterocycles. The maximum Gasteiger partial charge on any atom is 0.415 e. The van der Waals surface area contributed by atoms with Crippen LogP contribution in [0, 0.1) is 5.82 Å². The summed E-state index contributed by atoms with van der Waals surface area (Å²) in [5.74, 6) is -0.474. The fourth-order valence-corrected chi connectivity index (χ4v) is 3.28. The lowest BCUT2D eigenvalue weighted by atomic mass is 10.0. The highest BCUT2D eigenvalue weighted by Crippen LogP contribution is 2.30. The molecule has 0 aliphatic carbocycles. The first-order valence-corrected chi connectivity index (χ1v) is 8.66. The van der Waals surface area contributed by atoms with Crippen molar-refractivity contribution >= 4 is 23.4 Å². The van der Waals surface area contributed by atoms with E-state index < -0.39 is 11.9 Å². The third-order valence-electron chi connectivity index (χ3n) is 4.55. The summed E-state index contributed by atoms with van der Waals surface area (Å²) in [6.07, 6.45) is 1.83. The fourth-order valence-electron chi connectivity index (χ4n) is 3.10. The summed E-state index contributed by atoms with van der Waals surface area (Å²) >= 11 is 5.87. The lowest BCUT2D eigenvalue weighted by molar-refractivity contribution is -0.914. The number of hydrogen-bond donors (Lipinski definition) is 1. The predicted octanol–water partition coefficient (Wildman–Crippen LogP) is 1.90. The lowest BCUT2D eigenvalue weighted by Gasteiger charge is -2.27. The molecule has 1 heterocycles. The highest BCUT2D eigenvalue weighted by Gasteiger charge is 2.28. The summed E-state index contributed by atoms with van der Waals surface area (Å²) < 4.78 is 19.5. The van der Waals surface area contributed by atoms with E-state index in [0.717, 1.165) is 41.5 Å². The molecule has 1 saturated heterocycles. The first-order valence-electron chi connectivity index (χ1n) is 8.29. The van der Waals surface area contributed by atoms with E-state index >= 15 is 0 Å². The van der Waals surface area contributed by atoms with Crippen LogP contribution in [-0.4, -0.2) is 37.4 Å². The molecule has 2 aromatic rings. The minimum absolute atomic E-state index is 0. The van der Waals surface area contributed by atoms with E-state index in [0.29, 0.717) is 12.4 Å². The molecule has 1 aliphatic heterocycles. The van der Waals surface area contributed by atoms with Gasteiger partial charge in [0.2, 0.25) is 6.73 Å². The number of halogens is 3. The van der Waals surface area contributed by atoms with E-state index in [1.54, 1.807) is 18.2 Å². The third-order valence-corrected chi connectivity index (χ3v) is 4.84. The van der Waals surface area contributed by atoms with Crippen molar-refractivity contribution in [2.45, 2.75) is 12.8 Å². The van der Waals surface area contributed by atoms with Crippen molar-refractivity contribution in [3.63, 3.8) is 0 Å². The Morgan fingerprint density at radius 2 is 1.92 bits per heavy atom. The average molecular weight is 444 g/mol. The van der Waals surface area contributed by atoms with Crippen LogP contribution in [0.4, 0.5) is 14.9 Å². The van der Waals surface area contributed by atoms with Crippen molar-refractivity contribution in [2.75, 3.05) is 32.2 Å². The molecule has 3 rings (SSSR count). The molecule has 0 unspecified atom stereocenters. The summed E-state index contributed by atoms with van der Waals surface area (Å²) in [5.41, 5.74) is 2.07. The maximum atomic E-state index is 13.4. The number of ether oxygens (including phenoxy) is 1. The minimum Gasteiger partial charge on any atom is -1.00 e. The number of amides is 1. The van der Waals surface area contributed by atoms with Gasteiger partial charge in [-0.2, -0.15) is 0 Å². The number of benzene rings is 2. The zero-order chi connectivity index (χ0) is 17.9. The van der Waals surface area contributed by atoms with Crippen LogP contribution in [0.3, 0.4) is 0 Å². The van der Waals surface area contributed by atoms with Crippen LogP contribution >= 0.6 is 11.6 Å². The SMILES string of the molecule is C[N+]1(COC(=O)Nc2ccccc2-c2ccc(F)c(Cl)c2)CCCC1.[Br-]. The van der Waals surface area contributed by atoms with Crippen LogP contribution in [0.25, 0.3) is 11.1 Å². The average Bonchev–Trinajstić information content (AvgIpc) is 3.03. The molecule has 1 amide bonds. The zero-order valence-corrected chi connectivity index (χ0v) is 16.8. The van der Waals surface area contributed by atoms with Gasteiger partial charge in [-0.3, -0.25) is 9.80 Å². The molecule has 7 heteroatoms. The van der Waals surface area contributed by atoms with Gasteiger partial charge in [0, 0.05) is 18.4 Å². The van der Waals surface area contributed by atoms with Crippen molar-refractivity contribution < 1.29 is 35.4 Å². The van der Waals surface area contributed by atoms with Crippen molar-refractivity contribution in [2.24, 2.45) is 0 Å². The summed E-state index contributed by atoms with van der Waals surface area (Å²) in [5, 5.41) is 2.82. The van der Waals surface area contributed by atoms with Gasteiger partial charge in [-0.25, -0.2) is 9.18 Å². The monoisotopic (exact) mass is 442 g/mol. The van der Waals surface area contributed by atoms with Crippen molar-refractivity contribution in [3.8, 4) is 11.1 Å². The summed E-state index contributed by atoms with van der Waals surface area (Å²) in [7, 11) is 2.09. The molecule has 1 aliphatic rings. The first kappa shape index (κ1) is 20.7. The molecule has 0 saturated carbocycles. The molecular weight excluding hydrogens is 423 g/mol. The number of rotatable bonds is 4. The van der Waals surface area contributed by atoms with Crippen molar-refractivity contribution in [3.05, 3.63) is 53.3 Å². The number of anilines is 1. The Balaban J connectivity index is 0.00000243. The standard InChI is InChI=1S/C19H20ClFN2O2.BrH/c1-23(10-4-5-11-23)13-25-19(24)22-18-7-3-2-6-15(18)14-8-9-17(21)16(20)12-14;/h2-3,6-9,12H,4-5,10-11,13H2,1H3;1H. The Labute approximate surface area is 168 Å². The van der Waals surface area contributed by atoms with Crippen LogP contribution in [0.15, 0.2) is 42.5 Å². The van der Waals surface area contributed by atoms with E-state index in [9.17, 15) is 9.18 Å². The van der Waals surface area contributed by atoms with Crippen LogP contribution in [0.5, 0.6) is 0 Å². The number of nitrogens with one attached hydrogen (secondary N) is 1. The Morgan fingerprint density at radius 1 is 1.23 bits per heavy atom. The molecule has 26 heavy (non-hydrogen) atoms. The highest BCUT2D eigenvalue weighted by atomic mass is 79.9. The van der Waals surface area contributed by atoms with Gasteiger partial charge in [0.1, 0.15) is 5.82 Å². The van der Waals surface area contributed by atoms with Gasteiger partial charge in [-0.05, 0) is 23.8 Å². The summed E-state index contributed by atoms with van der Waals surface area (Å²) in [4.78, 5) is 12.2. The van der Waals surface area contributed by atoms with Crippen LogP contribution in [0.1, 0.15) is 12.8 Å². The Morgan fingerprint density at radius 3 is 2.62 bits per heavy atom. The number of carbonyl (C=O) groups is 1. The van der Waals surface area contributed by atoms with Gasteiger partial charge in [-0.1, -0.05) is 35.9 Å².